The number of hydrogen-bond acceptors (Lipinski definition) is 3. The molecule has 2 N–H and O–H groups in total. The molecule has 0 aliphatic rings. The second-order valence-corrected chi connectivity index (χ2v) is 6.04. The van der Waals surface area contributed by atoms with E-state index in [0.717, 1.165) is 42.9 Å². The van der Waals surface area contributed by atoms with Gasteiger partial charge < -0.3 is 15.5 Å². The van der Waals surface area contributed by atoms with E-state index in [1.165, 1.54) is 6.42 Å². The minimum Gasteiger partial charge on any atom is -0.363 e. The molecule has 0 unspecified atom stereocenters. The van der Waals surface area contributed by atoms with Crippen LogP contribution in [0.1, 0.15) is 39.3 Å². The number of aliphatic imine (C=N–C) groups is 1. The molecule has 1 heterocycles. The van der Waals surface area contributed by atoms with E-state index in [-0.39, 0.29) is 24.0 Å². The van der Waals surface area contributed by atoms with Crippen LogP contribution in [-0.2, 0) is 6.54 Å². The summed E-state index contributed by atoms with van der Waals surface area (Å²) in [5, 5.41) is 6.66. The summed E-state index contributed by atoms with van der Waals surface area (Å²) < 4.78 is 0. The fraction of sp³-hybridized carbons (Fsp3) is 0.647. The molecule has 132 valence electrons. The maximum Gasteiger partial charge on any atom is 0.191 e. The van der Waals surface area contributed by atoms with Crippen LogP contribution in [0.3, 0.4) is 0 Å². The monoisotopic (exact) mass is 433 g/mol. The van der Waals surface area contributed by atoms with Crippen LogP contribution < -0.4 is 15.5 Å². The van der Waals surface area contributed by atoms with Gasteiger partial charge >= 0.3 is 0 Å². The highest BCUT2D eigenvalue weighted by Gasteiger charge is 2.01. The van der Waals surface area contributed by atoms with Gasteiger partial charge in [0.25, 0.3) is 0 Å². The third-order valence-electron chi connectivity index (χ3n) is 3.24. The first-order chi connectivity index (χ1) is 10.5. The molecule has 0 fully saturated rings. The molecule has 1 aromatic rings. The average Bonchev–Trinajstić information content (AvgIpc) is 2.49. The lowest BCUT2D eigenvalue weighted by atomic mass is 10.1. The first-order valence-electron chi connectivity index (χ1n) is 8.18. The molecule has 0 aliphatic heterocycles. The molecular weight excluding hydrogens is 401 g/mol. The molecule has 1 aromatic heterocycles. The van der Waals surface area contributed by atoms with Gasteiger partial charge in [0.2, 0.25) is 0 Å². The van der Waals surface area contributed by atoms with Crippen molar-refractivity contribution in [1.82, 2.24) is 15.6 Å². The van der Waals surface area contributed by atoms with E-state index >= 15 is 0 Å². The largest absolute Gasteiger partial charge is 0.363 e. The lowest BCUT2D eigenvalue weighted by molar-refractivity contribution is 0.549. The van der Waals surface area contributed by atoms with E-state index in [4.69, 9.17) is 0 Å². The highest BCUT2D eigenvalue weighted by molar-refractivity contribution is 14.0. The van der Waals surface area contributed by atoms with Crippen molar-refractivity contribution in [2.24, 2.45) is 10.9 Å². The Labute approximate surface area is 158 Å². The molecule has 0 saturated carbocycles. The minimum absolute atomic E-state index is 0. The topological polar surface area (TPSA) is 52.6 Å². The average molecular weight is 433 g/mol. The van der Waals surface area contributed by atoms with Gasteiger partial charge in [-0.3, -0.25) is 0 Å². The van der Waals surface area contributed by atoms with Crippen molar-refractivity contribution >= 4 is 35.8 Å². The van der Waals surface area contributed by atoms with E-state index < -0.39 is 0 Å². The van der Waals surface area contributed by atoms with Crippen LogP contribution >= 0.6 is 24.0 Å². The summed E-state index contributed by atoms with van der Waals surface area (Å²) in [6.45, 7) is 8.99. The lowest BCUT2D eigenvalue weighted by Gasteiger charge is -2.13. The molecule has 0 aliphatic carbocycles. The number of halogens is 1. The van der Waals surface area contributed by atoms with E-state index in [9.17, 15) is 0 Å². The number of nitrogens with zero attached hydrogens (tertiary/aromatic N) is 3. The maximum atomic E-state index is 4.61. The van der Waals surface area contributed by atoms with Gasteiger partial charge in [0.1, 0.15) is 5.82 Å². The highest BCUT2D eigenvalue weighted by Crippen LogP contribution is 2.08. The third kappa shape index (κ3) is 9.63. The van der Waals surface area contributed by atoms with Crippen LogP contribution in [0.4, 0.5) is 5.82 Å². The van der Waals surface area contributed by atoms with Crippen LogP contribution in [0.5, 0.6) is 0 Å². The highest BCUT2D eigenvalue weighted by atomic mass is 127. The third-order valence-corrected chi connectivity index (χ3v) is 3.24. The van der Waals surface area contributed by atoms with Crippen LogP contribution in [0.15, 0.2) is 23.2 Å². The van der Waals surface area contributed by atoms with Crippen molar-refractivity contribution in [3.8, 4) is 0 Å². The summed E-state index contributed by atoms with van der Waals surface area (Å²) >= 11 is 0. The molecule has 0 amide bonds. The second-order valence-electron chi connectivity index (χ2n) is 6.04. The number of nitrogens with one attached hydrogen (secondary N) is 2. The van der Waals surface area contributed by atoms with Crippen LogP contribution in [0, 0.1) is 5.92 Å². The zero-order chi connectivity index (χ0) is 16.4. The van der Waals surface area contributed by atoms with Gasteiger partial charge in [-0.1, -0.05) is 19.9 Å². The molecule has 0 spiro atoms. The Morgan fingerprint density at radius 3 is 2.61 bits per heavy atom. The normalized spacial score (nSPS) is 11.1. The van der Waals surface area contributed by atoms with Gasteiger partial charge in [-0.25, -0.2) is 9.98 Å². The minimum atomic E-state index is 0. The summed E-state index contributed by atoms with van der Waals surface area (Å²) in [5.74, 6) is 2.57. The Kier molecular flexibility index (Phi) is 11.8. The maximum absolute atomic E-state index is 4.61. The zero-order valence-electron chi connectivity index (χ0n) is 15.1. The Morgan fingerprint density at radius 1 is 1.26 bits per heavy atom. The molecule has 6 heteroatoms. The second kappa shape index (κ2) is 12.4. The number of guanidine groups is 1. The summed E-state index contributed by atoms with van der Waals surface area (Å²) in [4.78, 5) is 11.2. The van der Waals surface area contributed by atoms with Crippen molar-refractivity contribution in [3.63, 3.8) is 0 Å². The lowest BCUT2D eigenvalue weighted by Crippen LogP contribution is -2.37. The number of aromatic nitrogens is 1. The molecule has 23 heavy (non-hydrogen) atoms. The Bertz CT molecular complexity index is 460. The van der Waals surface area contributed by atoms with E-state index in [2.05, 4.69) is 41.4 Å². The van der Waals surface area contributed by atoms with Crippen LogP contribution in [-0.4, -0.2) is 38.1 Å². The summed E-state index contributed by atoms with van der Waals surface area (Å²) in [6, 6.07) is 6.04. The number of anilines is 1. The molecule has 0 radical (unpaired) electrons. The van der Waals surface area contributed by atoms with E-state index in [1.807, 2.05) is 37.2 Å². The van der Waals surface area contributed by atoms with E-state index in [1.54, 1.807) is 0 Å². The van der Waals surface area contributed by atoms with Gasteiger partial charge in [-0.05, 0) is 37.8 Å². The number of pyridine rings is 1. The van der Waals surface area contributed by atoms with Crippen LogP contribution in [0.2, 0.25) is 0 Å². The SMILES string of the molecule is CCNC(=NCc1cccc(N(C)C)n1)NCCCC(C)C.I. The summed E-state index contributed by atoms with van der Waals surface area (Å²) in [7, 11) is 3.99. The fourth-order valence-corrected chi connectivity index (χ4v) is 2.02. The van der Waals surface area contributed by atoms with Gasteiger partial charge in [0.05, 0.1) is 12.2 Å². The van der Waals surface area contributed by atoms with E-state index in [0.29, 0.717) is 6.54 Å². The van der Waals surface area contributed by atoms with Crippen molar-refractivity contribution in [2.45, 2.75) is 40.2 Å². The van der Waals surface area contributed by atoms with Gasteiger partial charge in [0.15, 0.2) is 5.96 Å². The molecule has 5 nitrogen and oxygen atoms in total. The van der Waals surface area contributed by atoms with Crippen molar-refractivity contribution < 1.29 is 0 Å². The van der Waals surface area contributed by atoms with Crippen molar-refractivity contribution in [2.75, 3.05) is 32.1 Å². The standard InChI is InChI=1S/C17H31N5.HI/c1-6-18-17(19-12-8-9-14(2)3)20-13-15-10-7-11-16(21-15)22(4)5;/h7,10-11,14H,6,8-9,12-13H2,1-5H3,(H2,18,19,20);1H. The fourth-order valence-electron chi connectivity index (χ4n) is 2.02. The summed E-state index contributed by atoms with van der Waals surface area (Å²) in [5.41, 5.74) is 0.977. The van der Waals surface area contributed by atoms with Crippen molar-refractivity contribution in [3.05, 3.63) is 23.9 Å². The van der Waals surface area contributed by atoms with Crippen molar-refractivity contribution in [1.29, 1.82) is 0 Å². The molecular formula is C17H32IN5. The molecule has 0 atom stereocenters. The van der Waals surface area contributed by atoms with Crippen LogP contribution in [0.25, 0.3) is 0 Å². The smallest absolute Gasteiger partial charge is 0.191 e. The first kappa shape index (κ1) is 21.9. The Balaban J connectivity index is 0.00000484. The number of hydrogen-bond donors (Lipinski definition) is 2. The Hall–Kier alpha value is -1.05. The van der Waals surface area contributed by atoms with Gasteiger partial charge in [-0.2, -0.15) is 0 Å². The summed E-state index contributed by atoms with van der Waals surface area (Å²) in [6.07, 6.45) is 2.40. The predicted molar refractivity (Wildman–Crippen MR) is 111 cm³/mol. The zero-order valence-corrected chi connectivity index (χ0v) is 17.4. The predicted octanol–water partition coefficient (Wildman–Crippen LogP) is 3.26. The first-order valence-corrected chi connectivity index (χ1v) is 8.18. The van der Waals surface area contributed by atoms with Gasteiger partial charge in [0, 0.05) is 27.2 Å². The quantitative estimate of drug-likeness (QED) is 0.286. The van der Waals surface area contributed by atoms with Gasteiger partial charge in [-0.15, -0.1) is 24.0 Å². The molecule has 1 rings (SSSR count). The molecule has 0 aromatic carbocycles. The molecule has 0 saturated heterocycles. The molecule has 0 bridgehead atoms. The Morgan fingerprint density at radius 2 is 2.00 bits per heavy atom. The number of rotatable bonds is 8.